The van der Waals surface area contributed by atoms with E-state index in [2.05, 4.69) is 5.32 Å². The molecule has 1 amide bonds. The van der Waals surface area contributed by atoms with Gasteiger partial charge in [-0.15, -0.1) is 0 Å². The van der Waals surface area contributed by atoms with Crippen LogP contribution in [0.1, 0.15) is 6.42 Å². The average Bonchev–Trinajstić information content (AvgIpc) is 2.50. The van der Waals surface area contributed by atoms with Crippen LogP contribution in [0.25, 0.3) is 0 Å². The maximum Gasteiger partial charge on any atom is 0.282 e. The van der Waals surface area contributed by atoms with Gasteiger partial charge in [0.15, 0.2) is 0 Å². The van der Waals surface area contributed by atoms with E-state index in [-0.39, 0.29) is 24.9 Å². The topological polar surface area (TPSA) is 32.3 Å². The van der Waals surface area contributed by atoms with E-state index in [1.807, 2.05) is 0 Å². The van der Waals surface area contributed by atoms with Crippen molar-refractivity contribution in [2.45, 2.75) is 12.3 Å². The van der Waals surface area contributed by atoms with Gasteiger partial charge in [0.05, 0.1) is 19.0 Å². The highest BCUT2D eigenvalue weighted by molar-refractivity contribution is 5.80. The minimum Gasteiger partial charge on any atom is -0.330 e. The number of nitrogens with zero attached hydrogens (tertiary/aromatic N) is 1. The molecule has 2 aliphatic rings. The first kappa shape index (κ1) is 8.87. The number of hydrogen-bond donors (Lipinski definition) is 1. The molecule has 0 aliphatic carbocycles. The first-order valence-electron chi connectivity index (χ1n) is 4.46. The SMILES string of the molecule is O=C([C@@H]1CCNC1)N1CC(F)(F)C1. The number of halogens is 2. The van der Waals surface area contributed by atoms with E-state index in [4.69, 9.17) is 0 Å². The monoisotopic (exact) mass is 190 g/mol. The molecule has 0 bridgehead atoms. The molecule has 5 heteroatoms. The number of alkyl halides is 2. The van der Waals surface area contributed by atoms with Gasteiger partial charge in [0.1, 0.15) is 0 Å². The third kappa shape index (κ3) is 1.65. The number of hydrogen-bond acceptors (Lipinski definition) is 2. The summed E-state index contributed by atoms with van der Waals surface area (Å²) in [6, 6.07) is 0. The van der Waals surface area contributed by atoms with Crippen molar-refractivity contribution < 1.29 is 13.6 Å². The Bertz CT molecular complexity index is 218. The normalized spacial score (nSPS) is 31.5. The third-order valence-electron chi connectivity index (χ3n) is 2.57. The zero-order valence-electron chi connectivity index (χ0n) is 7.22. The van der Waals surface area contributed by atoms with Crippen LogP contribution >= 0.6 is 0 Å². The molecular formula is C8H12F2N2O. The molecule has 2 saturated heterocycles. The van der Waals surface area contributed by atoms with E-state index in [1.165, 1.54) is 4.90 Å². The van der Waals surface area contributed by atoms with Crippen molar-refractivity contribution >= 4 is 5.91 Å². The maximum atomic E-state index is 12.4. The van der Waals surface area contributed by atoms with Gasteiger partial charge in [0, 0.05) is 6.54 Å². The fourth-order valence-corrected chi connectivity index (χ4v) is 1.79. The lowest BCUT2D eigenvalue weighted by Gasteiger charge is -2.39. The molecule has 2 fully saturated rings. The van der Waals surface area contributed by atoms with E-state index >= 15 is 0 Å². The zero-order valence-corrected chi connectivity index (χ0v) is 7.22. The molecule has 0 radical (unpaired) electrons. The maximum absolute atomic E-state index is 12.4. The van der Waals surface area contributed by atoms with Crippen molar-refractivity contribution in [3.8, 4) is 0 Å². The predicted octanol–water partition coefficient (Wildman–Crippen LogP) is 0.0734. The van der Waals surface area contributed by atoms with Gasteiger partial charge in [-0.2, -0.15) is 0 Å². The fourth-order valence-electron chi connectivity index (χ4n) is 1.79. The number of nitrogens with one attached hydrogen (secondary N) is 1. The van der Waals surface area contributed by atoms with Crippen LogP contribution < -0.4 is 5.32 Å². The van der Waals surface area contributed by atoms with E-state index in [0.29, 0.717) is 6.54 Å². The Labute approximate surface area is 75.1 Å². The lowest BCUT2D eigenvalue weighted by atomic mass is 10.0. The molecule has 0 aromatic heterocycles. The lowest BCUT2D eigenvalue weighted by molar-refractivity contribution is -0.169. The van der Waals surface area contributed by atoms with Gasteiger partial charge in [-0.1, -0.05) is 0 Å². The summed E-state index contributed by atoms with van der Waals surface area (Å²) in [5, 5.41) is 3.04. The first-order chi connectivity index (χ1) is 6.08. The summed E-state index contributed by atoms with van der Waals surface area (Å²) in [5.41, 5.74) is 0. The molecule has 0 saturated carbocycles. The summed E-state index contributed by atoms with van der Waals surface area (Å²) in [5.74, 6) is -2.83. The minimum absolute atomic E-state index is 0.0731. The Balaban J connectivity index is 1.85. The Kier molecular flexibility index (Phi) is 1.98. The molecule has 0 unspecified atom stereocenters. The summed E-state index contributed by atoms with van der Waals surface area (Å²) in [6.45, 7) is 0.687. The van der Waals surface area contributed by atoms with Gasteiger partial charge >= 0.3 is 0 Å². The van der Waals surface area contributed by atoms with Crippen LogP contribution in [-0.4, -0.2) is 42.9 Å². The van der Waals surface area contributed by atoms with E-state index in [1.54, 1.807) is 0 Å². The number of rotatable bonds is 1. The largest absolute Gasteiger partial charge is 0.330 e. The van der Waals surface area contributed by atoms with Crippen LogP contribution in [0.2, 0.25) is 0 Å². The highest BCUT2D eigenvalue weighted by Crippen LogP contribution is 2.28. The molecule has 1 atom stereocenters. The predicted molar refractivity (Wildman–Crippen MR) is 42.5 cm³/mol. The molecule has 0 aromatic rings. The molecule has 2 rings (SSSR count). The van der Waals surface area contributed by atoms with Crippen molar-refractivity contribution in [1.82, 2.24) is 10.2 Å². The molecule has 1 N–H and O–H groups in total. The Hall–Kier alpha value is -0.710. The lowest BCUT2D eigenvalue weighted by Crippen LogP contribution is -2.59. The van der Waals surface area contributed by atoms with Crippen molar-refractivity contribution in [1.29, 1.82) is 0 Å². The molecule has 0 spiro atoms. The highest BCUT2D eigenvalue weighted by Gasteiger charge is 2.47. The second-order valence-corrected chi connectivity index (χ2v) is 3.74. The van der Waals surface area contributed by atoms with Crippen molar-refractivity contribution in [3.63, 3.8) is 0 Å². The fraction of sp³-hybridized carbons (Fsp3) is 0.875. The van der Waals surface area contributed by atoms with E-state index in [0.717, 1.165) is 13.0 Å². The van der Waals surface area contributed by atoms with Gasteiger partial charge in [0.2, 0.25) is 5.91 Å². The van der Waals surface area contributed by atoms with E-state index < -0.39 is 5.92 Å². The van der Waals surface area contributed by atoms with Crippen molar-refractivity contribution in [2.75, 3.05) is 26.2 Å². The number of amides is 1. The molecule has 13 heavy (non-hydrogen) atoms. The summed E-state index contributed by atoms with van der Waals surface area (Å²) in [4.78, 5) is 12.7. The van der Waals surface area contributed by atoms with Gasteiger partial charge in [-0.3, -0.25) is 4.79 Å². The molecule has 2 heterocycles. The van der Waals surface area contributed by atoms with Crippen LogP contribution in [-0.2, 0) is 4.79 Å². The van der Waals surface area contributed by atoms with Crippen LogP contribution in [0.3, 0.4) is 0 Å². The number of carbonyl (C=O) groups is 1. The first-order valence-corrected chi connectivity index (χ1v) is 4.46. The molecule has 74 valence electrons. The van der Waals surface area contributed by atoms with Crippen molar-refractivity contribution in [2.24, 2.45) is 5.92 Å². The highest BCUT2D eigenvalue weighted by atomic mass is 19.3. The number of likely N-dealkylation sites (tertiary alicyclic amines) is 1. The Morgan fingerprint density at radius 2 is 2.15 bits per heavy atom. The molecule has 3 nitrogen and oxygen atoms in total. The van der Waals surface area contributed by atoms with Gasteiger partial charge in [0.25, 0.3) is 5.92 Å². The second-order valence-electron chi connectivity index (χ2n) is 3.74. The van der Waals surface area contributed by atoms with E-state index in [9.17, 15) is 13.6 Å². The summed E-state index contributed by atoms with van der Waals surface area (Å²) < 4.78 is 24.9. The standard InChI is InChI=1S/C8H12F2N2O/c9-8(10)4-12(5-8)7(13)6-1-2-11-3-6/h6,11H,1-5H2/t6-/m1/s1. The second kappa shape index (κ2) is 2.90. The van der Waals surface area contributed by atoms with Crippen LogP contribution in [0.4, 0.5) is 8.78 Å². The summed E-state index contributed by atoms with van der Waals surface area (Å²) in [6.07, 6.45) is 0.779. The summed E-state index contributed by atoms with van der Waals surface area (Å²) >= 11 is 0. The Morgan fingerprint density at radius 1 is 1.46 bits per heavy atom. The van der Waals surface area contributed by atoms with Gasteiger partial charge in [-0.05, 0) is 13.0 Å². The molecular weight excluding hydrogens is 178 g/mol. The van der Waals surface area contributed by atoms with Gasteiger partial charge < -0.3 is 10.2 Å². The number of carbonyl (C=O) groups excluding carboxylic acids is 1. The zero-order chi connectivity index (χ0) is 9.47. The van der Waals surface area contributed by atoms with Crippen LogP contribution in [0.15, 0.2) is 0 Å². The van der Waals surface area contributed by atoms with Crippen LogP contribution in [0, 0.1) is 5.92 Å². The molecule has 2 aliphatic heterocycles. The molecule has 0 aromatic carbocycles. The quantitative estimate of drug-likeness (QED) is 0.634. The Morgan fingerprint density at radius 3 is 2.62 bits per heavy atom. The van der Waals surface area contributed by atoms with Crippen molar-refractivity contribution in [3.05, 3.63) is 0 Å². The average molecular weight is 190 g/mol. The minimum atomic E-state index is -2.64. The van der Waals surface area contributed by atoms with Crippen LogP contribution in [0.5, 0.6) is 0 Å². The third-order valence-corrected chi connectivity index (χ3v) is 2.57. The smallest absolute Gasteiger partial charge is 0.282 e. The van der Waals surface area contributed by atoms with Gasteiger partial charge in [-0.25, -0.2) is 8.78 Å². The summed E-state index contributed by atoms with van der Waals surface area (Å²) in [7, 11) is 0.